The van der Waals surface area contributed by atoms with E-state index < -0.39 is 0 Å². The van der Waals surface area contributed by atoms with Crippen molar-refractivity contribution in [1.82, 2.24) is 20.2 Å². The molecular weight excluding hydrogens is 266 g/mol. The van der Waals surface area contributed by atoms with Crippen LogP contribution in [0.4, 0.5) is 0 Å². The van der Waals surface area contributed by atoms with Crippen LogP contribution in [-0.2, 0) is 11.3 Å². The zero-order valence-corrected chi connectivity index (χ0v) is 12.3. The molecule has 0 aliphatic rings. The number of carbonyl (C=O) groups is 1. The van der Waals surface area contributed by atoms with Crippen molar-refractivity contribution in [1.29, 1.82) is 5.26 Å². The second-order valence-corrected chi connectivity index (χ2v) is 4.74. The normalized spacial score (nSPS) is 12.0. The van der Waals surface area contributed by atoms with Crippen molar-refractivity contribution in [2.24, 2.45) is 0 Å². The van der Waals surface area contributed by atoms with Crippen molar-refractivity contribution in [2.75, 3.05) is 13.1 Å². The highest BCUT2D eigenvalue weighted by Gasteiger charge is 2.15. The minimum absolute atomic E-state index is 0.0301. The van der Waals surface area contributed by atoms with Crippen molar-refractivity contribution >= 4 is 16.9 Å². The third kappa shape index (κ3) is 3.38. The van der Waals surface area contributed by atoms with E-state index in [9.17, 15) is 4.79 Å². The van der Waals surface area contributed by atoms with Gasteiger partial charge in [-0.15, -0.1) is 0 Å². The van der Waals surface area contributed by atoms with Crippen LogP contribution < -0.4 is 10.6 Å². The average Bonchev–Trinajstić information content (AvgIpc) is 2.89. The Morgan fingerprint density at radius 2 is 2.24 bits per heavy atom. The number of fused-ring (bicyclic) bond motifs is 1. The molecule has 1 amide bonds. The molecule has 0 saturated carbocycles. The van der Waals surface area contributed by atoms with Gasteiger partial charge in [-0.1, -0.05) is 12.1 Å². The predicted octanol–water partition coefficient (Wildman–Crippen LogP) is 1.35. The first-order valence-electron chi connectivity index (χ1n) is 6.99. The Labute approximate surface area is 123 Å². The summed E-state index contributed by atoms with van der Waals surface area (Å²) < 4.78 is 2.14. The average molecular weight is 285 g/mol. The smallest absolute Gasteiger partial charge is 0.234 e. The van der Waals surface area contributed by atoms with Crippen molar-refractivity contribution in [2.45, 2.75) is 26.4 Å². The van der Waals surface area contributed by atoms with E-state index >= 15 is 0 Å². The van der Waals surface area contributed by atoms with Gasteiger partial charge in [0.25, 0.3) is 0 Å². The lowest BCUT2D eigenvalue weighted by molar-refractivity contribution is -0.120. The van der Waals surface area contributed by atoms with Crippen LogP contribution in [0.25, 0.3) is 11.0 Å². The molecule has 2 rings (SSSR count). The first kappa shape index (κ1) is 15.0. The van der Waals surface area contributed by atoms with Gasteiger partial charge in [-0.2, -0.15) is 5.26 Å². The van der Waals surface area contributed by atoms with Crippen molar-refractivity contribution in [3.05, 3.63) is 30.1 Å². The highest BCUT2D eigenvalue weighted by molar-refractivity contribution is 5.78. The molecule has 1 aromatic heterocycles. The van der Waals surface area contributed by atoms with E-state index in [1.54, 1.807) is 0 Å². The van der Waals surface area contributed by atoms with Gasteiger partial charge in [0, 0.05) is 6.54 Å². The van der Waals surface area contributed by atoms with Gasteiger partial charge in [0.15, 0.2) is 0 Å². The van der Waals surface area contributed by atoms with E-state index in [4.69, 9.17) is 5.26 Å². The second-order valence-electron chi connectivity index (χ2n) is 4.74. The standard InChI is InChI=1S/C15H19N5O/c1-3-20-13-7-5-4-6-12(13)19-15(20)11(2)18-10-14(21)17-9-8-16/h4-7,11,18H,3,9-10H2,1-2H3,(H,17,21). The summed E-state index contributed by atoms with van der Waals surface area (Å²) in [5, 5.41) is 14.1. The molecule has 0 spiro atoms. The summed E-state index contributed by atoms with van der Waals surface area (Å²) >= 11 is 0. The summed E-state index contributed by atoms with van der Waals surface area (Å²) in [6.07, 6.45) is 0. The first-order chi connectivity index (χ1) is 10.2. The summed E-state index contributed by atoms with van der Waals surface area (Å²) in [7, 11) is 0. The predicted molar refractivity (Wildman–Crippen MR) is 80.4 cm³/mol. The first-order valence-corrected chi connectivity index (χ1v) is 6.99. The molecule has 0 aliphatic carbocycles. The molecule has 2 aromatic rings. The fourth-order valence-corrected chi connectivity index (χ4v) is 2.29. The molecule has 0 aliphatic heterocycles. The molecular formula is C15H19N5O. The van der Waals surface area contributed by atoms with Gasteiger partial charge in [0.2, 0.25) is 5.91 Å². The molecule has 1 unspecified atom stereocenters. The van der Waals surface area contributed by atoms with Gasteiger partial charge in [0.1, 0.15) is 12.4 Å². The van der Waals surface area contributed by atoms with Crippen LogP contribution in [-0.4, -0.2) is 28.5 Å². The number of amides is 1. The number of aryl methyl sites for hydroxylation is 1. The Morgan fingerprint density at radius 3 is 2.95 bits per heavy atom. The molecule has 1 atom stereocenters. The minimum Gasteiger partial charge on any atom is -0.342 e. The topological polar surface area (TPSA) is 82.7 Å². The van der Waals surface area contributed by atoms with Crippen molar-refractivity contribution in [3.63, 3.8) is 0 Å². The Bertz CT molecular complexity index is 670. The number of rotatable bonds is 6. The van der Waals surface area contributed by atoms with Crippen LogP contribution in [0.3, 0.4) is 0 Å². The quantitative estimate of drug-likeness (QED) is 0.785. The summed E-state index contributed by atoms with van der Waals surface area (Å²) in [4.78, 5) is 16.2. The molecule has 0 fully saturated rings. The number of imidazole rings is 1. The van der Waals surface area contributed by atoms with Gasteiger partial charge in [0.05, 0.1) is 29.7 Å². The number of benzene rings is 1. The van der Waals surface area contributed by atoms with E-state index in [-0.39, 0.29) is 25.0 Å². The molecule has 0 saturated heterocycles. The van der Waals surface area contributed by atoms with E-state index in [2.05, 4.69) is 27.1 Å². The number of nitrogens with zero attached hydrogens (tertiary/aromatic N) is 3. The van der Waals surface area contributed by atoms with Crippen LogP contribution in [0.1, 0.15) is 25.7 Å². The number of nitriles is 1. The number of nitrogens with one attached hydrogen (secondary N) is 2. The molecule has 21 heavy (non-hydrogen) atoms. The number of aromatic nitrogens is 2. The molecule has 1 aromatic carbocycles. The van der Waals surface area contributed by atoms with Crippen LogP contribution >= 0.6 is 0 Å². The fourth-order valence-electron chi connectivity index (χ4n) is 2.29. The molecule has 0 radical (unpaired) electrons. The summed E-state index contributed by atoms with van der Waals surface area (Å²) in [6.45, 7) is 5.07. The lowest BCUT2D eigenvalue weighted by Crippen LogP contribution is -2.35. The Balaban J connectivity index is 2.10. The minimum atomic E-state index is -0.192. The zero-order valence-electron chi connectivity index (χ0n) is 12.3. The van der Waals surface area contributed by atoms with Gasteiger partial charge in [-0.25, -0.2) is 4.98 Å². The highest BCUT2D eigenvalue weighted by atomic mass is 16.1. The Kier molecular flexibility index (Phi) is 4.90. The van der Waals surface area contributed by atoms with E-state index in [1.807, 2.05) is 37.3 Å². The molecule has 6 nitrogen and oxygen atoms in total. The van der Waals surface area contributed by atoms with Gasteiger partial charge < -0.3 is 9.88 Å². The number of carbonyl (C=O) groups excluding carboxylic acids is 1. The fraction of sp³-hybridized carbons (Fsp3) is 0.400. The lowest BCUT2D eigenvalue weighted by atomic mass is 10.3. The number of hydrogen-bond acceptors (Lipinski definition) is 4. The van der Waals surface area contributed by atoms with Gasteiger partial charge in [-0.05, 0) is 26.0 Å². The largest absolute Gasteiger partial charge is 0.342 e. The zero-order chi connectivity index (χ0) is 15.2. The summed E-state index contributed by atoms with van der Waals surface area (Å²) in [5.41, 5.74) is 2.05. The molecule has 110 valence electrons. The third-order valence-corrected chi connectivity index (χ3v) is 3.32. The number of para-hydroxylation sites is 2. The lowest BCUT2D eigenvalue weighted by Gasteiger charge is -2.14. The molecule has 0 bridgehead atoms. The molecule has 1 heterocycles. The van der Waals surface area contributed by atoms with E-state index in [0.717, 1.165) is 23.4 Å². The van der Waals surface area contributed by atoms with Crippen molar-refractivity contribution in [3.8, 4) is 6.07 Å². The van der Waals surface area contributed by atoms with Crippen molar-refractivity contribution < 1.29 is 4.79 Å². The second kappa shape index (κ2) is 6.86. The summed E-state index contributed by atoms with van der Waals surface area (Å²) in [6, 6.07) is 9.81. The van der Waals surface area contributed by atoms with Gasteiger partial charge >= 0.3 is 0 Å². The van der Waals surface area contributed by atoms with Gasteiger partial charge in [-0.3, -0.25) is 10.1 Å². The molecule has 6 heteroatoms. The maximum Gasteiger partial charge on any atom is 0.234 e. The monoisotopic (exact) mass is 285 g/mol. The van der Waals surface area contributed by atoms with E-state index in [1.165, 1.54) is 0 Å². The third-order valence-electron chi connectivity index (χ3n) is 3.32. The maximum atomic E-state index is 11.5. The molecule has 2 N–H and O–H groups in total. The summed E-state index contributed by atoms with van der Waals surface area (Å²) in [5.74, 6) is 0.717. The van der Waals surface area contributed by atoms with E-state index in [0.29, 0.717) is 0 Å². The van der Waals surface area contributed by atoms with Crippen LogP contribution in [0.5, 0.6) is 0 Å². The Morgan fingerprint density at radius 1 is 1.48 bits per heavy atom. The SMILES string of the molecule is CCn1c(C(C)NCC(=O)NCC#N)nc2ccccc21. The number of hydrogen-bond donors (Lipinski definition) is 2. The highest BCUT2D eigenvalue weighted by Crippen LogP contribution is 2.20. The van der Waals surface area contributed by atoms with Crippen LogP contribution in [0.15, 0.2) is 24.3 Å². The van der Waals surface area contributed by atoms with Crippen LogP contribution in [0.2, 0.25) is 0 Å². The maximum absolute atomic E-state index is 11.5. The van der Waals surface area contributed by atoms with Crippen LogP contribution in [0, 0.1) is 11.3 Å². The Hall–Kier alpha value is -2.39.